The van der Waals surface area contributed by atoms with Crippen molar-refractivity contribution >= 4 is 41.0 Å². The number of ether oxygens (including phenoxy) is 2. The molecule has 0 spiro atoms. The van der Waals surface area contributed by atoms with Crippen LogP contribution in [-0.4, -0.2) is 81.4 Å². The maximum Gasteiger partial charge on any atom is 0.308 e. The Labute approximate surface area is 298 Å². The zero-order valence-corrected chi connectivity index (χ0v) is 31.0. The summed E-state index contributed by atoms with van der Waals surface area (Å²) in [5, 5.41) is 7.88. The number of nitrogens with one attached hydrogen (secondary N) is 2. The Morgan fingerprint density at radius 2 is 1.72 bits per heavy atom. The third-order valence-corrected chi connectivity index (χ3v) is 9.45. The predicted molar refractivity (Wildman–Crippen MR) is 189 cm³/mol. The molecule has 2 N–H and O–H groups in total. The molecule has 3 aromatic rings. The van der Waals surface area contributed by atoms with Gasteiger partial charge < -0.3 is 29.6 Å². The highest BCUT2D eigenvalue weighted by Crippen LogP contribution is 2.31. The first-order chi connectivity index (χ1) is 23.7. The van der Waals surface area contributed by atoms with Gasteiger partial charge in [-0.2, -0.15) is 0 Å². The van der Waals surface area contributed by atoms with Crippen LogP contribution in [0.2, 0.25) is 0 Å². The molecule has 1 aromatic carbocycles. The molecule has 0 unspecified atom stereocenters. The van der Waals surface area contributed by atoms with E-state index in [2.05, 4.69) is 20.6 Å². The van der Waals surface area contributed by atoms with Gasteiger partial charge in [-0.1, -0.05) is 64.4 Å². The number of hydrogen-bond acceptors (Lipinski definition) is 10. The van der Waals surface area contributed by atoms with Gasteiger partial charge in [-0.15, -0.1) is 11.3 Å². The highest BCUT2D eigenvalue weighted by molar-refractivity contribution is 7.09. The second kappa shape index (κ2) is 19.0. The molecule has 0 saturated carbocycles. The lowest BCUT2D eigenvalue weighted by Gasteiger charge is -2.35. The average Bonchev–Trinajstić information content (AvgIpc) is 3.75. The van der Waals surface area contributed by atoms with Gasteiger partial charge in [0.1, 0.15) is 16.7 Å². The Kier molecular flexibility index (Phi) is 15.1. The first kappa shape index (κ1) is 39.8. The Morgan fingerprint density at radius 1 is 1.02 bits per heavy atom. The van der Waals surface area contributed by atoms with Crippen LogP contribution in [0, 0.1) is 11.8 Å². The molecule has 3 rings (SSSR count). The van der Waals surface area contributed by atoms with Crippen LogP contribution in [-0.2, 0) is 37.3 Å². The lowest BCUT2D eigenvalue weighted by atomic mass is 9.95. The van der Waals surface area contributed by atoms with Crippen LogP contribution in [0.4, 0.5) is 0 Å². The van der Waals surface area contributed by atoms with E-state index >= 15 is 0 Å². The van der Waals surface area contributed by atoms with Crippen LogP contribution in [0.3, 0.4) is 0 Å². The molecular formula is C36H50N6O7S. The van der Waals surface area contributed by atoms with Crippen molar-refractivity contribution in [3.63, 3.8) is 0 Å². The topological polar surface area (TPSA) is 162 Å². The molecule has 3 amide bonds. The summed E-state index contributed by atoms with van der Waals surface area (Å²) < 4.78 is 12.2. The third-order valence-electron chi connectivity index (χ3n) is 8.52. The van der Waals surface area contributed by atoms with Gasteiger partial charge in [0.2, 0.25) is 5.91 Å². The van der Waals surface area contributed by atoms with Crippen LogP contribution in [0.15, 0.2) is 48.1 Å². The van der Waals surface area contributed by atoms with Crippen LogP contribution >= 0.6 is 11.3 Å². The zero-order valence-electron chi connectivity index (χ0n) is 30.2. The number of methoxy groups -OCH3 is 1. The highest BCUT2D eigenvalue weighted by Gasteiger charge is 2.34. The number of aryl methyl sites for hydroxylation is 1. The van der Waals surface area contributed by atoms with Gasteiger partial charge in [0.05, 0.1) is 13.0 Å². The quantitative estimate of drug-likeness (QED) is 0.181. The second-order valence-corrected chi connectivity index (χ2v) is 13.8. The number of hydrogen-bond donors (Lipinski definition) is 2. The monoisotopic (exact) mass is 710 g/mol. The molecule has 0 fully saturated rings. The minimum atomic E-state index is -0.840. The minimum absolute atomic E-state index is 0.0622. The molecule has 0 radical (unpaired) electrons. The number of imidazole rings is 1. The Morgan fingerprint density at radius 3 is 2.30 bits per heavy atom. The van der Waals surface area contributed by atoms with Crippen molar-refractivity contribution in [2.75, 3.05) is 14.2 Å². The van der Waals surface area contributed by atoms with E-state index in [-0.39, 0.29) is 41.8 Å². The molecule has 0 saturated heterocycles. The summed E-state index contributed by atoms with van der Waals surface area (Å²) in [7, 11) is 4.72. The Bertz CT molecular complexity index is 1590. The summed E-state index contributed by atoms with van der Waals surface area (Å²) in [4.78, 5) is 75.1. The molecule has 0 bridgehead atoms. The number of rotatable bonds is 18. The molecule has 50 heavy (non-hydrogen) atoms. The van der Waals surface area contributed by atoms with E-state index in [0.717, 1.165) is 5.56 Å². The minimum Gasteiger partial charge on any atom is -0.469 e. The summed E-state index contributed by atoms with van der Waals surface area (Å²) >= 11 is 1.18. The number of esters is 2. The standard InChI is InChI=1S/C36H50N6O7S/c1-9-13-27(39-33(45)31-37-16-17-41(31)6)35(46)42(7)29(22(2)3)20-30(49-24(5)43)34-40-28(21-50-34)32(44)38-26(18-23(4)36(47)48-8)19-25-14-11-10-12-15-25/h10-12,14-17,21-23,26-27,29-30H,9,13,18-20H2,1-8H3,(H,38,44)(H,39,45)/t23-,26+,27-,29+,30+/m0/s1. The Balaban J connectivity index is 1.80. The zero-order chi connectivity index (χ0) is 37.0. The number of aromatic nitrogens is 3. The highest BCUT2D eigenvalue weighted by atomic mass is 32.1. The molecule has 14 heteroatoms. The molecule has 0 aliphatic rings. The fraction of sp³-hybridized carbons (Fsp3) is 0.528. The number of nitrogens with zero attached hydrogens (tertiary/aromatic N) is 4. The fourth-order valence-electron chi connectivity index (χ4n) is 5.87. The number of carbonyl (C=O) groups is 5. The number of likely N-dealkylation sites (N-methyl/N-ethyl adjacent to an activating group) is 1. The maximum absolute atomic E-state index is 13.9. The largest absolute Gasteiger partial charge is 0.469 e. The first-order valence-electron chi connectivity index (χ1n) is 16.9. The van der Waals surface area contributed by atoms with Crippen molar-refractivity contribution in [3.8, 4) is 0 Å². The van der Waals surface area contributed by atoms with Gasteiger partial charge in [-0.3, -0.25) is 24.0 Å². The maximum atomic E-state index is 13.9. The first-order valence-corrected chi connectivity index (χ1v) is 17.7. The molecule has 2 heterocycles. The van der Waals surface area contributed by atoms with E-state index in [4.69, 9.17) is 9.47 Å². The van der Waals surface area contributed by atoms with Crippen LogP contribution in [0.25, 0.3) is 0 Å². The molecule has 272 valence electrons. The SMILES string of the molecule is CCC[C@H](NC(=O)c1nccn1C)C(=O)N(C)[C@H](C[C@@H](OC(C)=O)c1nc(C(=O)N[C@@H](Cc2ccccc2)C[C@H](C)C(=O)OC)cs1)C(C)C. The van der Waals surface area contributed by atoms with E-state index < -0.39 is 41.9 Å². The molecule has 5 atom stereocenters. The molecular weight excluding hydrogens is 660 g/mol. The molecule has 0 aliphatic heterocycles. The normalized spacial score (nSPS) is 14.2. The van der Waals surface area contributed by atoms with Crippen LogP contribution in [0.5, 0.6) is 0 Å². The van der Waals surface area contributed by atoms with E-state index in [0.29, 0.717) is 30.7 Å². The molecule has 13 nitrogen and oxygen atoms in total. The van der Waals surface area contributed by atoms with E-state index in [1.165, 1.54) is 31.6 Å². The lowest BCUT2D eigenvalue weighted by Crippen LogP contribution is -2.52. The van der Waals surface area contributed by atoms with Crippen molar-refractivity contribution in [2.45, 2.75) is 91.0 Å². The van der Waals surface area contributed by atoms with E-state index in [1.807, 2.05) is 51.1 Å². The molecule has 0 aliphatic carbocycles. The van der Waals surface area contributed by atoms with E-state index in [1.54, 1.807) is 42.1 Å². The summed E-state index contributed by atoms with van der Waals surface area (Å²) in [5.74, 6) is -2.35. The van der Waals surface area contributed by atoms with Crippen molar-refractivity contribution in [1.29, 1.82) is 0 Å². The van der Waals surface area contributed by atoms with Crippen LogP contribution in [0.1, 0.15) is 98.1 Å². The van der Waals surface area contributed by atoms with Crippen LogP contribution < -0.4 is 10.6 Å². The van der Waals surface area contributed by atoms with Gasteiger partial charge in [0.15, 0.2) is 11.9 Å². The summed E-state index contributed by atoms with van der Waals surface area (Å²) in [6, 6.07) is 8.07. The van der Waals surface area contributed by atoms with Crippen molar-refractivity contribution in [1.82, 2.24) is 30.1 Å². The van der Waals surface area contributed by atoms with Gasteiger partial charge in [-0.25, -0.2) is 9.97 Å². The number of amides is 3. The van der Waals surface area contributed by atoms with Gasteiger partial charge in [0, 0.05) is 57.3 Å². The number of benzene rings is 1. The van der Waals surface area contributed by atoms with Gasteiger partial charge >= 0.3 is 11.9 Å². The smallest absolute Gasteiger partial charge is 0.308 e. The summed E-state index contributed by atoms with van der Waals surface area (Å²) in [5.41, 5.74) is 1.15. The Hall–Kier alpha value is -4.59. The van der Waals surface area contributed by atoms with Crippen molar-refractivity contribution < 1.29 is 33.4 Å². The fourth-order valence-corrected chi connectivity index (χ4v) is 6.71. The summed E-state index contributed by atoms with van der Waals surface area (Å²) in [6.07, 6.45) is 4.49. The van der Waals surface area contributed by atoms with Gasteiger partial charge in [-0.05, 0) is 30.7 Å². The average molecular weight is 711 g/mol. The van der Waals surface area contributed by atoms with E-state index in [9.17, 15) is 24.0 Å². The lowest BCUT2D eigenvalue weighted by molar-refractivity contribution is -0.149. The summed E-state index contributed by atoms with van der Waals surface area (Å²) in [6.45, 7) is 8.91. The second-order valence-electron chi connectivity index (χ2n) is 12.9. The number of carbonyl (C=O) groups excluding carboxylic acids is 5. The third kappa shape index (κ3) is 11.2. The predicted octanol–water partition coefficient (Wildman–Crippen LogP) is 4.49. The molecule has 2 aromatic heterocycles. The van der Waals surface area contributed by atoms with Crippen molar-refractivity contribution in [3.05, 3.63) is 70.2 Å². The van der Waals surface area contributed by atoms with Crippen molar-refractivity contribution in [2.24, 2.45) is 18.9 Å². The number of thiazole rings is 1. The van der Waals surface area contributed by atoms with Gasteiger partial charge in [0.25, 0.3) is 11.8 Å².